The highest BCUT2D eigenvalue weighted by atomic mass is 35.5. The van der Waals surface area contributed by atoms with Gasteiger partial charge in [-0.25, -0.2) is 4.39 Å². The minimum absolute atomic E-state index is 0.0974. The molecule has 25 heavy (non-hydrogen) atoms. The van der Waals surface area contributed by atoms with Crippen molar-refractivity contribution in [3.05, 3.63) is 29.0 Å². The van der Waals surface area contributed by atoms with E-state index in [4.69, 9.17) is 16.3 Å². The Morgan fingerprint density at radius 1 is 1.24 bits per heavy atom. The topological polar surface area (TPSA) is 55.4 Å². The van der Waals surface area contributed by atoms with Gasteiger partial charge in [0.05, 0.1) is 16.6 Å². The monoisotopic (exact) mass is 369 g/mol. The maximum absolute atomic E-state index is 13.0. The second-order valence-electron chi connectivity index (χ2n) is 7.69. The van der Waals surface area contributed by atoms with E-state index in [9.17, 15) is 14.0 Å². The molecule has 0 unspecified atom stereocenters. The van der Waals surface area contributed by atoms with Crippen molar-refractivity contribution in [1.82, 2.24) is 0 Å². The van der Waals surface area contributed by atoms with E-state index in [2.05, 4.69) is 26.1 Å². The minimum Gasteiger partial charge on any atom is -0.455 e. The first-order valence-corrected chi connectivity index (χ1v) is 8.96. The summed E-state index contributed by atoms with van der Waals surface area (Å²) in [4.78, 5) is 24.0. The van der Waals surface area contributed by atoms with Crippen LogP contribution in [0.2, 0.25) is 5.02 Å². The molecule has 6 heteroatoms. The van der Waals surface area contributed by atoms with Crippen LogP contribution in [0.25, 0.3) is 0 Å². The molecule has 4 nitrogen and oxygen atoms in total. The van der Waals surface area contributed by atoms with Crippen LogP contribution in [0.5, 0.6) is 0 Å². The molecule has 1 N–H and O–H groups in total. The van der Waals surface area contributed by atoms with Crippen LogP contribution in [0, 0.1) is 23.1 Å². The molecule has 1 aromatic rings. The molecule has 1 amide bonds. The fourth-order valence-corrected chi connectivity index (χ4v) is 3.44. The standard InChI is InChI=1S/C19H25ClFNO3/c1-19(2,3)13-6-4-12(5-7-13)18(24)25-11-17(23)22-16-9-8-14(21)10-15(16)20/h8-10,12-13H,4-7,11H2,1-3H3,(H,22,23). The van der Waals surface area contributed by atoms with Crippen molar-refractivity contribution in [1.29, 1.82) is 0 Å². The smallest absolute Gasteiger partial charge is 0.309 e. The summed E-state index contributed by atoms with van der Waals surface area (Å²) in [7, 11) is 0. The molecule has 0 aromatic heterocycles. The maximum atomic E-state index is 13.0. The second-order valence-corrected chi connectivity index (χ2v) is 8.10. The minimum atomic E-state index is -0.495. The van der Waals surface area contributed by atoms with E-state index in [0.717, 1.165) is 31.7 Å². The first-order chi connectivity index (χ1) is 11.7. The first kappa shape index (κ1) is 19.7. The van der Waals surface area contributed by atoms with Gasteiger partial charge in [-0.3, -0.25) is 9.59 Å². The van der Waals surface area contributed by atoms with Gasteiger partial charge in [-0.05, 0) is 55.2 Å². The van der Waals surface area contributed by atoms with Crippen molar-refractivity contribution in [3.8, 4) is 0 Å². The van der Waals surface area contributed by atoms with Crippen molar-refractivity contribution < 1.29 is 18.7 Å². The Morgan fingerprint density at radius 3 is 2.44 bits per heavy atom. The molecule has 1 fully saturated rings. The summed E-state index contributed by atoms with van der Waals surface area (Å²) >= 11 is 5.85. The maximum Gasteiger partial charge on any atom is 0.309 e. The number of rotatable bonds is 4. The van der Waals surface area contributed by atoms with Gasteiger partial charge in [0.15, 0.2) is 6.61 Å². The number of ether oxygens (including phenoxy) is 1. The molecular formula is C19H25ClFNO3. The van der Waals surface area contributed by atoms with Gasteiger partial charge < -0.3 is 10.1 Å². The number of hydrogen-bond acceptors (Lipinski definition) is 3. The van der Waals surface area contributed by atoms with Gasteiger partial charge in [-0.1, -0.05) is 32.4 Å². The Hall–Kier alpha value is -1.62. The fourth-order valence-electron chi connectivity index (χ4n) is 3.23. The van der Waals surface area contributed by atoms with E-state index < -0.39 is 11.7 Å². The molecule has 0 aliphatic heterocycles. The van der Waals surface area contributed by atoms with Crippen molar-refractivity contribution in [2.75, 3.05) is 11.9 Å². The average Bonchev–Trinajstić information content (AvgIpc) is 2.54. The third-order valence-corrected chi connectivity index (χ3v) is 5.15. The third kappa shape index (κ3) is 5.70. The summed E-state index contributed by atoms with van der Waals surface area (Å²) in [5.74, 6) is -0.834. The zero-order valence-corrected chi connectivity index (χ0v) is 15.7. The molecule has 0 spiro atoms. The highest BCUT2D eigenvalue weighted by Crippen LogP contribution is 2.40. The quantitative estimate of drug-likeness (QED) is 0.774. The van der Waals surface area contributed by atoms with Crippen LogP contribution in [-0.2, 0) is 14.3 Å². The van der Waals surface area contributed by atoms with Gasteiger partial charge >= 0.3 is 5.97 Å². The van der Waals surface area contributed by atoms with Crippen LogP contribution in [0.1, 0.15) is 46.5 Å². The average molecular weight is 370 g/mol. The number of esters is 1. The van der Waals surface area contributed by atoms with Gasteiger partial charge in [0, 0.05) is 0 Å². The molecule has 1 aromatic carbocycles. The van der Waals surface area contributed by atoms with Crippen LogP contribution in [0.4, 0.5) is 10.1 Å². The number of amides is 1. The molecule has 138 valence electrons. The summed E-state index contributed by atoms with van der Waals surface area (Å²) in [5.41, 5.74) is 0.540. The van der Waals surface area contributed by atoms with E-state index in [1.165, 1.54) is 12.1 Å². The number of benzene rings is 1. The van der Waals surface area contributed by atoms with Crippen molar-refractivity contribution in [3.63, 3.8) is 0 Å². The third-order valence-electron chi connectivity index (χ3n) is 4.84. The van der Waals surface area contributed by atoms with Crippen molar-refractivity contribution in [2.45, 2.75) is 46.5 Å². The normalized spacial score (nSPS) is 20.8. The highest BCUT2D eigenvalue weighted by Gasteiger charge is 2.33. The first-order valence-electron chi connectivity index (χ1n) is 8.58. The van der Waals surface area contributed by atoms with E-state index in [-0.39, 0.29) is 34.6 Å². The second kappa shape index (κ2) is 8.17. The molecule has 1 saturated carbocycles. The predicted molar refractivity (Wildman–Crippen MR) is 95.9 cm³/mol. The zero-order valence-electron chi connectivity index (χ0n) is 14.9. The van der Waals surface area contributed by atoms with E-state index in [1.54, 1.807) is 0 Å². The van der Waals surface area contributed by atoms with Crippen LogP contribution in [0.3, 0.4) is 0 Å². The van der Waals surface area contributed by atoms with Gasteiger partial charge in [-0.2, -0.15) is 0 Å². The van der Waals surface area contributed by atoms with Crippen LogP contribution in [-0.4, -0.2) is 18.5 Å². The van der Waals surface area contributed by atoms with E-state index >= 15 is 0 Å². The molecule has 2 rings (SSSR count). The molecule has 0 heterocycles. The fraction of sp³-hybridized carbons (Fsp3) is 0.579. The number of anilines is 1. The number of nitrogens with one attached hydrogen (secondary N) is 1. The Morgan fingerprint density at radius 2 is 1.88 bits per heavy atom. The summed E-state index contributed by atoms with van der Waals surface area (Å²) in [6.07, 6.45) is 3.60. The molecule has 1 aliphatic rings. The molecule has 0 bridgehead atoms. The highest BCUT2D eigenvalue weighted by molar-refractivity contribution is 6.33. The van der Waals surface area contributed by atoms with Crippen LogP contribution < -0.4 is 5.32 Å². The van der Waals surface area contributed by atoms with Crippen molar-refractivity contribution in [2.24, 2.45) is 17.3 Å². The molecule has 0 atom stereocenters. The van der Waals surface area contributed by atoms with Gasteiger partial charge in [-0.15, -0.1) is 0 Å². The lowest BCUT2D eigenvalue weighted by atomic mass is 9.70. The summed E-state index contributed by atoms with van der Waals surface area (Å²) in [6.45, 7) is 6.30. The lowest BCUT2D eigenvalue weighted by Crippen LogP contribution is -2.31. The number of hydrogen-bond donors (Lipinski definition) is 1. The van der Waals surface area contributed by atoms with Gasteiger partial charge in [0.25, 0.3) is 5.91 Å². The largest absolute Gasteiger partial charge is 0.455 e. The van der Waals surface area contributed by atoms with Gasteiger partial charge in [0.2, 0.25) is 0 Å². The molecular weight excluding hydrogens is 345 g/mol. The Labute approximate surface area is 153 Å². The van der Waals surface area contributed by atoms with Gasteiger partial charge in [0.1, 0.15) is 5.82 Å². The van der Waals surface area contributed by atoms with Crippen LogP contribution in [0.15, 0.2) is 18.2 Å². The predicted octanol–water partition coefficient (Wildman–Crippen LogP) is 4.81. The molecule has 0 radical (unpaired) electrons. The summed E-state index contributed by atoms with van der Waals surface area (Å²) in [5, 5.41) is 2.61. The van der Waals surface area contributed by atoms with Crippen LogP contribution >= 0.6 is 11.6 Å². The van der Waals surface area contributed by atoms with E-state index in [1.807, 2.05) is 0 Å². The number of carbonyl (C=O) groups excluding carboxylic acids is 2. The lowest BCUT2D eigenvalue weighted by Gasteiger charge is -2.36. The Bertz CT molecular complexity index is 634. The molecule has 1 aliphatic carbocycles. The van der Waals surface area contributed by atoms with Crippen molar-refractivity contribution >= 4 is 29.2 Å². The summed E-state index contributed by atoms with van der Waals surface area (Å²) in [6, 6.07) is 3.67. The zero-order chi connectivity index (χ0) is 18.6. The summed E-state index contributed by atoms with van der Waals surface area (Å²) < 4.78 is 18.1. The Balaban J connectivity index is 1.77. The Kier molecular flexibility index (Phi) is 6.44. The number of halogens is 2. The van der Waals surface area contributed by atoms with E-state index in [0.29, 0.717) is 5.92 Å². The number of carbonyl (C=O) groups is 2. The molecule has 0 saturated heterocycles. The lowest BCUT2D eigenvalue weighted by molar-refractivity contribution is -0.153. The SMILES string of the molecule is CC(C)(C)C1CCC(C(=O)OCC(=O)Nc2ccc(F)cc2Cl)CC1.